The van der Waals surface area contributed by atoms with Crippen molar-refractivity contribution in [1.29, 1.82) is 0 Å². The lowest BCUT2D eigenvalue weighted by Gasteiger charge is -2.30. The topological polar surface area (TPSA) is 89.7 Å². The number of rotatable bonds is 5. The van der Waals surface area contributed by atoms with Gasteiger partial charge in [-0.15, -0.1) is 11.3 Å². The van der Waals surface area contributed by atoms with Crippen molar-refractivity contribution < 1.29 is 35.6 Å². The van der Waals surface area contributed by atoms with E-state index in [0.717, 1.165) is 17.4 Å². The number of nitrogens with zero attached hydrogens (tertiary/aromatic N) is 2. The van der Waals surface area contributed by atoms with Crippen LogP contribution in [-0.2, 0) is 25.7 Å². The first kappa shape index (κ1) is 20.8. The average Bonchev–Trinajstić information content (AvgIpc) is 3.31. The normalized spacial score (nSPS) is 18.9. The zero-order chi connectivity index (χ0) is 20.5. The first-order valence-electron chi connectivity index (χ1n) is 8.44. The molecule has 0 spiro atoms. The highest BCUT2D eigenvalue weighted by atomic mass is 32.2. The molecule has 0 amide bonds. The summed E-state index contributed by atoms with van der Waals surface area (Å²) in [5.41, 5.74) is -0.0955. The van der Waals surface area contributed by atoms with E-state index < -0.39 is 33.8 Å². The van der Waals surface area contributed by atoms with Crippen LogP contribution in [0, 0.1) is 5.92 Å². The summed E-state index contributed by atoms with van der Waals surface area (Å²) in [5, 5.41) is 3.36. The number of sulfonamides is 1. The van der Waals surface area contributed by atoms with Gasteiger partial charge in [-0.05, 0) is 31.9 Å². The monoisotopic (exact) mass is 438 g/mol. The zero-order valence-corrected chi connectivity index (χ0v) is 16.4. The minimum atomic E-state index is -4.67. The molecular weight excluding hydrogens is 421 g/mol. The summed E-state index contributed by atoms with van der Waals surface area (Å²) in [6, 6.07) is 3.41. The molecule has 1 fully saturated rings. The van der Waals surface area contributed by atoms with Gasteiger partial charge in [-0.3, -0.25) is 4.79 Å². The summed E-state index contributed by atoms with van der Waals surface area (Å²) in [4.78, 5) is 12.2. The fourth-order valence-corrected chi connectivity index (χ4v) is 5.80. The lowest BCUT2D eigenvalue weighted by Crippen LogP contribution is -2.42. The van der Waals surface area contributed by atoms with Gasteiger partial charge < -0.3 is 9.26 Å². The molecule has 0 aliphatic carbocycles. The van der Waals surface area contributed by atoms with E-state index in [1.807, 2.05) is 0 Å². The number of thiophene rings is 1. The average molecular weight is 438 g/mol. The number of ether oxygens (including phenoxy) is 1. The van der Waals surface area contributed by atoms with Gasteiger partial charge in [0.2, 0.25) is 5.76 Å². The van der Waals surface area contributed by atoms with Gasteiger partial charge >= 0.3 is 12.1 Å². The minimum Gasteiger partial charge on any atom is -0.466 e. The van der Waals surface area contributed by atoms with Crippen LogP contribution in [0.4, 0.5) is 13.2 Å². The van der Waals surface area contributed by atoms with Gasteiger partial charge in [0.25, 0.3) is 10.0 Å². The molecule has 3 heterocycles. The summed E-state index contributed by atoms with van der Waals surface area (Å²) in [7, 11) is -3.89. The zero-order valence-electron chi connectivity index (χ0n) is 14.7. The molecule has 0 saturated carbocycles. The van der Waals surface area contributed by atoms with Crippen molar-refractivity contribution in [2.75, 3.05) is 19.7 Å². The van der Waals surface area contributed by atoms with E-state index in [1.54, 1.807) is 6.92 Å². The standard InChI is InChI=1S/C16H17F3N2O5S2/c1-2-25-15(22)10-4-3-7-21(9-10)28(23,24)14-6-5-12(27-14)11-8-13(26-20-11)16(17,18)19/h5-6,8,10H,2-4,7,9H2,1H3. The van der Waals surface area contributed by atoms with Crippen LogP contribution in [0.2, 0.25) is 0 Å². The Morgan fingerprint density at radius 2 is 2.18 bits per heavy atom. The number of hydrogen-bond donors (Lipinski definition) is 0. The Hall–Kier alpha value is -1.92. The maximum absolute atomic E-state index is 12.9. The minimum absolute atomic E-state index is 0.0105. The third kappa shape index (κ3) is 4.23. The van der Waals surface area contributed by atoms with Crippen molar-refractivity contribution in [2.24, 2.45) is 5.92 Å². The number of piperidine rings is 1. The number of esters is 1. The predicted octanol–water partition coefficient (Wildman–Crippen LogP) is 3.39. The molecule has 1 aliphatic heterocycles. The highest BCUT2D eigenvalue weighted by Crippen LogP contribution is 2.36. The second kappa shape index (κ2) is 7.84. The molecule has 7 nitrogen and oxygen atoms in total. The third-order valence-corrected chi connectivity index (χ3v) is 7.66. The molecule has 12 heteroatoms. The van der Waals surface area contributed by atoms with Crippen molar-refractivity contribution >= 4 is 27.3 Å². The molecule has 1 saturated heterocycles. The van der Waals surface area contributed by atoms with E-state index in [-0.39, 0.29) is 34.5 Å². The SMILES string of the molecule is CCOC(=O)C1CCCN(S(=O)(=O)c2ccc(-c3cc(C(F)(F)F)on3)s2)C1. The molecule has 0 bridgehead atoms. The molecule has 0 N–H and O–H groups in total. The molecule has 1 atom stereocenters. The quantitative estimate of drug-likeness (QED) is 0.665. The number of carbonyl (C=O) groups is 1. The van der Waals surface area contributed by atoms with E-state index in [1.165, 1.54) is 16.4 Å². The number of aromatic nitrogens is 1. The van der Waals surface area contributed by atoms with Crippen molar-refractivity contribution in [3.63, 3.8) is 0 Å². The van der Waals surface area contributed by atoms with Crippen LogP contribution in [-0.4, -0.2) is 43.5 Å². The first-order valence-corrected chi connectivity index (χ1v) is 10.7. The maximum Gasteiger partial charge on any atom is 0.452 e. The maximum atomic E-state index is 12.9. The van der Waals surface area contributed by atoms with Gasteiger partial charge in [0.05, 0.1) is 17.4 Å². The lowest BCUT2D eigenvalue weighted by molar-refractivity contribution is -0.155. The molecule has 154 valence electrons. The Kier molecular flexibility index (Phi) is 5.82. The van der Waals surface area contributed by atoms with Crippen LogP contribution in [0.5, 0.6) is 0 Å². The Morgan fingerprint density at radius 3 is 2.82 bits per heavy atom. The van der Waals surface area contributed by atoms with Gasteiger partial charge in [-0.1, -0.05) is 5.16 Å². The summed E-state index contributed by atoms with van der Waals surface area (Å²) >= 11 is 0.795. The van der Waals surface area contributed by atoms with Crippen molar-refractivity contribution in [3.8, 4) is 10.6 Å². The van der Waals surface area contributed by atoms with E-state index in [4.69, 9.17) is 4.74 Å². The van der Waals surface area contributed by atoms with Gasteiger partial charge in [0, 0.05) is 19.2 Å². The number of hydrogen-bond acceptors (Lipinski definition) is 7. The molecule has 0 aromatic carbocycles. The number of alkyl halides is 3. The van der Waals surface area contributed by atoms with E-state index in [9.17, 15) is 26.4 Å². The fraction of sp³-hybridized carbons (Fsp3) is 0.500. The van der Waals surface area contributed by atoms with Gasteiger partial charge in [0.1, 0.15) is 9.90 Å². The van der Waals surface area contributed by atoms with Crippen molar-refractivity contribution in [1.82, 2.24) is 9.46 Å². The molecule has 2 aromatic rings. The molecule has 2 aromatic heterocycles. The van der Waals surface area contributed by atoms with Crippen LogP contribution in [0.15, 0.2) is 26.9 Å². The highest BCUT2D eigenvalue weighted by molar-refractivity contribution is 7.91. The second-order valence-electron chi connectivity index (χ2n) is 6.15. The van der Waals surface area contributed by atoms with Crippen LogP contribution in [0.3, 0.4) is 0 Å². The molecule has 1 aliphatic rings. The molecular formula is C16H17F3N2O5S2. The fourth-order valence-electron chi connectivity index (χ4n) is 2.86. The summed E-state index contributed by atoms with van der Waals surface area (Å²) in [6.45, 7) is 2.16. The summed E-state index contributed by atoms with van der Waals surface area (Å²) < 4.78 is 74.1. The Bertz CT molecular complexity index is 952. The lowest BCUT2D eigenvalue weighted by atomic mass is 10.0. The molecule has 1 unspecified atom stereocenters. The Morgan fingerprint density at radius 1 is 1.43 bits per heavy atom. The van der Waals surface area contributed by atoms with Gasteiger partial charge in [0.15, 0.2) is 0 Å². The van der Waals surface area contributed by atoms with Crippen LogP contribution >= 0.6 is 11.3 Å². The Balaban J connectivity index is 1.80. The van der Waals surface area contributed by atoms with Crippen LogP contribution < -0.4 is 0 Å². The molecule has 0 radical (unpaired) electrons. The van der Waals surface area contributed by atoms with Gasteiger partial charge in [-0.25, -0.2) is 8.42 Å². The molecule has 3 rings (SSSR count). The number of halogens is 3. The first-order chi connectivity index (χ1) is 13.1. The van der Waals surface area contributed by atoms with Gasteiger partial charge in [-0.2, -0.15) is 17.5 Å². The molecule has 28 heavy (non-hydrogen) atoms. The Labute approximate surface area is 163 Å². The predicted molar refractivity (Wildman–Crippen MR) is 92.9 cm³/mol. The van der Waals surface area contributed by atoms with Crippen LogP contribution in [0.25, 0.3) is 10.6 Å². The largest absolute Gasteiger partial charge is 0.466 e. The van der Waals surface area contributed by atoms with Crippen molar-refractivity contribution in [3.05, 3.63) is 24.0 Å². The van der Waals surface area contributed by atoms with E-state index in [0.29, 0.717) is 12.8 Å². The smallest absolute Gasteiger partial charge is 0.452 e. The summed E-state index contributed by atoms with van der Waals surface area (Å²) in [5.74, 6) is -2.22. The van der Waals surface area contributed by atoms with E-state index in [2.05, 4.69) is 9.68 Å². The number of carbonyl (C=O) groups excluding carboxylic acids is 1. The van der Waals surface area contributed by atoms with Crippen LogP contribution in [0.1, 0.15) is 25.5 Å². The second-order valence-corrected chi connectivity index (χ2v) is 9.40. The van der Waals surface area contributed by atoms with E-state index >= 15 is 0 Å². The highest BCUT2D eigenvalue weighted by Gasteiger charge is 2.37. The van der Waals surface area contributed by atoms with Crippen molar-refractivity contribution in [2.45, 2.75) is 30.2 Å². The third-order valence-electron chi connectivity index (χ3n) is 4.22. The summed E-state index contributed by atoms with van der Waals surface area (Å²) in [6.07, 6.45) is -3.62.